The third-order valence-corrected chi connectivity index (χ3v) is 4.33. The zero-order chi connectivity index (χ0) is 23.6. The summed E-state index contributed by atoms with van der Waals surface area (Å²) in [6.45, 7) is 0. The van der Waals surface area contributed by atoms with Gasteiger partial charge in [-0.1, -0.05) is 18.2 Å². The molecule has 9 heteroatoms. The Balaban J connectivity index is 1.52. The Hall–Kier alpha value is -4.79. The van der Waals surface area contributed by atoms with Crippen molar-refractivity contribution in [1.29, 1.82) is 0 Å². The summed E-state index contributed by atoms with van der Waals surface area (Å²) in [4.78, 5) is 34.3. The summed E-state index contributed by atoms with van der Waals surface area (Å²) in [5, 5.41) is 14.6. The van der Waals surface area contributed by atoms with E-state index in [1.54, 1.807) is 49.6 Å². The fourth-order valence-corrected chi connectivity index (χ4v) is 2.64. The highest BCUT2D eigenvalue weighted by atomic mass is 16.6. The summed E-state index contributed by atoms with van der Waals surface area (Å²) in [5.41, 5.74) is 3.70. The number of nitro benzene ring substituents is 1. The molecule has 0 aliphatic rings. The van der Waals surface area contributed by atoms with Crippen LogP contribution in [0.1, 0.15) is 21.5 Å². The number of non-ortho nitro benzene ring substituents is 1. The molecule has 0 unspecified atom stereocenters. The molecule has 0 spiro atoms. The number of carbonyl (C=O) groups excluding carboxylic acids is 2. The number of amides is 1. The predicted molar refractivity (Wildman–Crippen MR) is 122 cm³/mol. The third-order valence-electron chi connectivity index (χ3n) is 4.33. The fourth-order valence-electron chi connectivity index (χ4n) is 2.64. The molecule has 1 amide bonds. The molecule has 0 aromatic heterocycles. The highest BCUT2D eigenvalue weighted by Gasteiger charge is 2.10. The molecule has 0 aliphatic carbocycles. The van der Waals surface area contributed by atoms with Gasteiger partial charge in [-0.2, -0.15) is 5.10 Å². The maximum absolute atomic E-state index is 12.1. The minimum Gasteiger partial charge on any atom is -0.497 e. The van der Waals surface area contributed by atoms with E-state index in [-0.39, 0.29) is 11.3 Å². The Labute approximate surface area is 189 Å². The van der Waals surface area contributed by atoms with Crippen LogP contribution < -0.4 is 14.9 Å². The van der Waals surface area contributed by atoms with Crippen LogP contribution in [0.15, 0.2) is 84.0 Å². The van der Waals surface area contributed by atoms with E-state index in [0.717, 1.165) is 17.4 Å². The van der Waals surface area contributed by atoms with Crippen LogP contribution in [0.2, 0.25) is 0 Å². The number of rotatable bonds is 8. The summed E-state index contributed by atoms with van der Waals surface area (Å²) < 4.78 is 10.3. The van der Waals surface area contributed by atoms with Crippen LogP contribution >= 0.6 is 0 Å². The second kappa shape index (κ2) is 11.0. The van der Waals surface area contributed by atoms with E-state index in [1.165, 1.54) is 30.5 Å². The lowest BCUT2D eigenvalue weighted by Gasteiger charge is -2.02. The molecule has 9 nitrogen and oxygen atoms in total. The van der Waals surface area contributed by atoms with E-state index in [9.17, 15) is 19.7 Å². The summed E-state index contributed by atoms with van der Waals surface area (Å²) in [7, 11) is 1.58. The van der Waals surface area contributed by atoms with Crippen molar-refractivity contribution >= 4 is 29.9 Å². The number of hydrogen-bond acceptors (Lipinski definition) is 7. The van der Waals surface area contributed by atoms with Gasteiger partial charge in [-0.25, -0.2) is 10.2 Å². The average molecular weight is 445 g/mol. The first-order valence-electron chi connectivity index (χ1n) is 9.66. The quantitative estimate of drug-likeness (QED) is 0.140. The van der Waals surface area contributed by atoms with Gasteiger partial charge in [0.15, 0.2) is 0 Å². The minimum atomic E-state index is -0.580. The second-order valence-electron chi connectivity index (χ2n) is 6.60. The number of carbonyl (C=O) groups is 2. The van der Waals surface area contributed by atoms with Crippen LogP contribution in [-0.4, -0.2) is 30.1 Å². The number of nitro groups is 1. The summed E-state index contributed by atoms with van der Waals surface area (Å²) in [5.74, 6) is -0.0419. The van der Waals surface area contributed by atoms with Gasteiger partial charge in [0, 0.05) is 23.8 Å². The Morgan fingerprint density at radius 1 is 0.970 bits per heavy atom. The van der Waals surface area contributed by atoms with Crippen molar-refractivity contribution in [1.82, 2.24) is 5.43 Å². The molecule has 0 heterocycles. The maximum Gasteiger partial charge on any atom is 0.336 e. The number of nitrogens with one attached hydrogen (secondary N) is 1. The van der Waals surface area contributed by atoms with E-state index >= 15 is 0 Å². The van der Waals surface area contributed by atoms with Crippen molar-refractivity contribution in [2.24, 2.45) is 5.10 Å². The molecule has 3 rings (SSSR count). The first-order chi connectivity index (χ1) is 15.9. The van der Waals surface area contributed by atoms with Gasteiger partial charge in [0.1, 0.15) is 11.5 Å². The third kappa shape index (κ3) is 6.86. The number of benzene rings is 3. The van der Waals surface area contributed by atoms with Crippen molar-refractivity contribution in [3.8, 4) is 11.5 Å². The van der Waals surface area contributed by atoms with Gasteiger partial charge < -0.3 is 9.47 Å². The van der Waals surface area contributed by atoms with Crippen molar-refractivity contribution in [2.45, 2.75) is 0 Å². The van der Waals surface area contributed by atoms with E-state index in [4.69, 9.17) is 9.47 Å². The van der Waals surface area contributed by atoms with Gasteiger partial charge in [-0.05, 0) is 59.7 Å². The maximum atomic E-state index is 12.1. The molecule has 0 bridgehead atoms. The molecule has 0 aliphatic heterocycles. The molecule has 3 aromatic carbocycles. The van der Waals surface area contributed by atoms with Gasteiger partial charge in [0.2, 0.25) is 0 Å². The lowest BCUT2D eigenvalue weighted by atomic mass is 10.2. The summed E-state index contributed by atoms with van der Waals surface area (Å²) in [6, 6.07) is 19.0. The zero-order valence-corrected chi connectivity index (χ0v) is 17.5. The summed E-state index contributed by atoms with van der Waals surface area (Å²) >= 11 is 0. The molecular formula is C24H19N3O6. The number of ether oxygens (including phenoxy) is 2. The van der Waals surface area contributed by atoms with Gasteiger partial charge in [-0.3, -0.25) is 14.9 Å². The van der Waals surface area contributed by atoms with Crippen molar-refractivity contribution in [3.63, 3.8) is 0 Å². The van der Waals surface area contributed by atoms with E-state index in [0.29, 0.717) is 11.3 Å². The smallest absolute Gasteiger partial charge is 0.336 e. The zero-order valence-electron chi connectivity index (χ0n) is 17.5. The second-order valence-corrected chi connectivity index (χ2v) is 6.60. The lowest BCUT2D eigenvalue weighted by Crippen LogP contribution is -2.17. The molecule has 3 aromatic rings. The average Bonchev–Trinajstić information content (AvgIpc) is 2.84. The topological polar surface area (TPSA) is 120 Å². The van der Waals surface area contributed by atoms with E-state index in [2.05, 4.69) is 10.5 Å². The Morgan fingerprint density at radius 2 is 1.64 bits per heavy atom. The standard InChI is InChI=1S/C24H19N3O6/c1-32-21-10-5-17(6-11-21)9-14-23(28)33-22-12-7-18(8-13-22)16-25-26-24(29)19-3-2-4-20(15-19)27(30)31/h2-16H,1H3,(H,26,29). The van der Waals surface area contributed by atoms with Crippen LogP contribution in [0, 0.1) is 10.1 Å². The van der Waals surface area contributed by atoms with Crippen LogP contribution in [-0.2, 0) is 4.79 Å². The summed E-state index contributed by atoms with van der Waals surface area (Å²) in [6.07, 6.45) is 4.35. The van der Waals surface area contributed by atoms with Crippen molar-refractivity contribution in [3.05, 3.63) is 106 Å². The first kappa shape index (κ1) is 22.9. The molecule has 0 fully saturated rings. The number of nitrogens with zero attached hydrogens (tertiary/aromatic N) is 2. The molecule has 0 atom stereocenters. The number of methoxy groups -OCH3 is 1. The van der Waals surface area contributed by atoms with Crippen LogP contribution in [0.25, 0.3) is 6.08 Å². The molecule has 0 saturated heterocycles. The Kier molecular flexibility index (Phi) is 7.63. The van der Waals surface area contributed by atoms with Crippen LogP contribution in [0.5, 0.6) is 11.5 Å². The van der Waals surface area contributed by atoms with Gasteiger partial charge in [-0.15, -0.1) is 0 Å². The van der Waals surface area contributed by atoms with Gasteiger partial charge in [0.05, 0.1) is 18.2 Å². The van der Waals surface area contributed by atoms with E-state index in [1.807, 2.05) is 12.1 Å². The fraction of sp³-hybridized carbons (Fsp3) is 0.0417. The van der Waals surface area contributed by atoms with Crippen molar-refractivity contribution < 1.29 is 24.0 Å². The Morgan fingerprint density at radius 3 is 2.30 bits per heavy atom. The minimum absolute atomic E-state index is 0.117. The normalized spacial score (nSPS) is 10.8. The van der Waals surface area contributed by atoms with Gasteiger partial charge in [0.25, 0.3) is 11.6 Å². The van der Waals surface area contributed by atoms with Crippen molar-refractivity contribution in [2.75, 3.05) is 7.11 Å². The molecule has 1 N–H and O–H groups in total. The number of hydrazone groups is 1. The monoisotopic (exact) mass is 445 g/mol. The number of esters is 1. The van der Waals surface area contributed by atoms with Crippen LogP contribution in [0.3, 0.4) is 0 Å². The predicted octanol–water partition coefficient (Wildman–Crippen LogP) is 3.99. The molecule has 0 radical (unpaired) electrons. The highest BCUT2D eigenvalue weighted by Crippen LogP contribution is 2.15. The Bertz CT molecular complexity index is 1200. The molecule has 33 heavy (non-hydrogen) atoms. The molecular weight excluding hydrogens is 426 g/mol. The van der Waals surface area contributed by atoms with Crippen LogP contribution in [0.4, 0.5) is 5.69 Å². The highest BCUT2D eigenvalue weighted by molar-refractivity contribution is 5.95. The number of hydrogen-bond donors (Lipinski definition) is 1. The van der Waals surface area contributed by atoms with Gasteiger partial charge >= 0.3 is 5.97 Å². The SMILES string of the molecule is COc1ccc(C=CC(=O)Oc2ccc(C=NNC(=O)c3cccc([N+](=O)[O-])c3)cc2)cc1. The lowest BCUT2D eigenvalue weighted by molar-refractivity contribution is -0.384. The molecule has 0 saturated carbocycles. The largest absolute Gasteiger partial charge is 0.497 e. The molecule has 166 valence electrons. The van der Waals surface area contributed by atoms with E-state index < -0.39 is 16.8 Å². The first-order valence-corrected chi connectivity index (χ1v) is 9.66.